The molecule has 0 radical (unpaired) electrons. The number of carboxylic acids is 1. The van der Waals surface area contributed by atoms with Crippen LogP contribution in [0.25, 0.3) is 0 Å². The van der Waals surface area contributed by atoms with E-state index in [9.17, 15) is 27.6 Å². The number of benzene rings is 1. The van der Waals surface area contributed by atoms with Crippen molar-refractivity contribution in [2.45, 2.75) is 50.6 Å². The largest absolute Gasteiger partial charge is 0.481 e. The van der Waals surface area contributed by atoms with Gasteiger partial charge in [0.1, 0.15) is 24.1 Å². The molecule has 9 nitrogen and oxygen atoms in total. The molecule has 14 heteroatoms. The number of hydrogen-bond donors (Lipinski definition) is 2. The van der Waals surface area contributed by atoms with Crippen LogP contribution in [0.2, 0.25) is 0 Å². The Balaban J connectivity index is 1.74. The number of nitrogens with one attached hydrogen (secondary N) is 1. The summed E-state index contributed by atoms with van der Waals surface area (Å²) < 4.78 is 48.8. The Hall–Kier alpha value is -3.10. The minimum Gasteiger partial charge on any atom is -0.481 e. The first kappa shape index (κ1) is 29.9. The lowest BCUT2D eigenvalue weighted by Gasteiger charge is -2.31. The van der Waals surface area contributed by atoms with Gasteiger partial charge in [0.15, 0.2) is 10.8 Å². The average molecular weight is 643 g/mol. The number of Topliss-reactive ketones (excluding diaryl/α,β-unsaturated/α-hetero) is 1. The molecule has 0 bridgehead atoms. The molecule has 2 aliphatic rings. The fourth-order valence-corrected chi connectivity index (χ4v) is 5.94. The van der Waals surface area contributed by atoms with Gasteiger partial charge < -0.3 is 15.2 Å². The topological polar surface area (TPSA) is 121 Å². The number of ketones is 1. The summed E-state index contributed by atoms with van der Waals surface area (Å²) in [4.78, 5) is 46.6. The minimum atomic E-state index is -3.05. The van der Waals surface area contributed by atoms with Crippen LogP contribution in [0.4, 0.5) is 13.2 Å². The van der Waals surface area contributed by atoms with Gasteiger partial charge in [-0.15, -0.1) is 11.3 Å². The number of carbonyl (C=O) groups excluding carboxylic acids is 2. The van der Waals surface area contributed by atoms with Crippen LogP contribution in [0.1, 0.15) is 49.2 Å². The van der Waals surface area contributed by atoms with Crippen LogP contribution in [0.5, 0.6) is 0 Å². The first-order valence-electron chi connectivity index (χ1n) is 12.4. The molecule has 2 N–H and O–H groups in total. The van der Waals surface area contributed by atoms with Crippen LogP contribution in [-0.2, 0) is 19.1 Å². The lowest BCUT2D eigenvalue weighted by Crippen LogP contribution is -2.41. The molecule has 2 aromatic rings. The molecule has 4 rings (SSSR count). The van der Waals surface area contributed by atoms with Crippen molar-refractivity contribution in [3.63, 3.8) is 0 Å². The molecule has 1 aromatic carbocycles. The lowest BCUT2D eigenvalue weighted by molar-refractivity contribution is -0.141. The summed E-state index contributed by atoms with van der Waals surface area (Å²) in [7, 11) is 0. The summed E-state index contributed by atoms with van der Waals surface area (Å²) in [5, 5.41) is 14.2. The number of carboxylic acid groups (broad SMARTS) is 1. The van der Waals surface area contributed by atoms with Crippen molar-refractivity contribution < 1.29 is 37.4 Å². The third-order valence-corrected chi connectivity index (χ3v) is 7.93. The van der Waals surface area contributed by atoms with Gasteiger partial charge in [-0.05, 0) is 31.0 Å². The molecule has 0 unspecified atom stereocenters. The van der Waals surface area contributed by atoms with Gasteiger partial charge in [-0.25, -0.2) is 22.9 Å². The first-order chi connectivity index (χ1) is 19.0. The number of aliphatic carboxylic acids is 1. The number of likely N-dealkylation sites (tertiary alicyclic amines) is 1. The lowest BCUT2D eigenvalue weighted by atomic mass is 9.95. The number of amidine groups is 1. The molecular weight excluding hydrogens is 617 g/mol. The van der Waals surface area contributed by atoms with E-state index in [2.05, 4.69) is 26.2 Å². The van der Waals surface area contributed by atoms with E-state index in [-0.39, 0.29) is 37.3 Å². The molecule has 214 valence electrons. The second-order valence-corrected chi connectivity index (χ2v) is 11.1. The molecule has 0 saturated carbocycles. The van der Waals surface area contributed by atoms with Gasteiger partial charge in [-0.1, -0.05) is 22.0 Å². The van der Waals surface area contributed by atoms with Crippen LogP contribution in [0.15, 0.2) is 50.5 Å². The Labute approximate surface area is 240 Å². The summed E-state index contributed by atoms with van der Waals surface area (Å²) in [6, 6.07) is 2.24. The zero-order valence-corrected chi connectivity index (χ0v) is 23.7. The Morgan fingerprint density at radius 2 is 2.10 bits per heavy atom. The highest BCUT2D eigenvalue weighted by molar-refractivity contribution is 9.10. The Kier molecular flexibility index (Phi) is 9.41. The van der Waals surface area contributed by atoms with Gasteiger partial charge in [0.25, 0.3) is 5.92 Å². The standard InChI is InChI=1S/C26H26BrF3N4O5S/c1-2-39-25(38)21-19(12-34-13-26(29,30)11-15(34)4-5-16(35)10-20(36)37)32-23(24-31-7-8-40-24)33-22(21)17-6-3-14(28)9-18(17)27/h3,6-9,15,22H,2,4-5,10-13H2,1H3,(H,32,33)(H,36,37)/t15-,22+/m1/s1. The number of nitrogens with zero attached hydrogens (tertiary/aromatic N) is 3. The minimum absolute atomic E-state index is 0.0318. The van der Waals surface area contributed by atoms with Crippen LogP contribution < -0.4 is 5.32 Å². The van der Waals surface area contributed by atoms with Crippen LogP contribution in [0, 0.1) is 5.82 Å². The Morgan fingerprint density at radius 3 is 2.75 bits per heavy atom. The number of alkyl halides is 2. The summed E-state index contributed by atoms with van der Waals surface area (Å²) >= 11 is 4.63. The van der Waals surface area contributed by atoms with Crippen molar-refractivity contribution in [2.75, 3.05) is 19.7 Å². The second-order valence-electron chi connectivity index (χ2n) is 9.39. The SMILES string of the molecule is CCOC(=O)C1=C(CN2CC(F)(F)C[C@H]2CCC(=O)CC(=O)O)NC(c2nccs2)=N[C@H]1c1ccc(F)cc1Br. The number of halogens is 4. The molecule has 0 aliphatic carbocycles. The maximum atomic E-state index is 14.6. The smallest absolute Gasteiger partial charge is 0.338 e. The zero-order valence-electron chi connectivity index (χ0n) is 21.3. The number of rotatable bonds is 11. The summed E-state index contributed by atoms with van der Waals surface area (Å²) in [6.45, 7) is 0.917. The van der Waals surface area contributed by atoms with Crippen molar-refractivity contribution >= 4 is 50.8 Å². The number of aromatic nitrogens is 1. The maximum absolute atomic E-state index is 14.6. The number of hydrogen-bond acceptors (Lipinski definition) is 9. The van der Waals surface area contributed by atoms with Gasteiger partial charge in [0, 0.05) is 47.2 Å². The summed E-state index contributed by atoms with van der Waals surface area (Å²) in [6.07, 6.45) is 0.241. The Bertz CT molecular complexity index is 1350. The van der Waals surface area contributed by atoms with Gasteiger partial charge in [0.05, 0.1) is 18.7 Å². The van der Waals surface area contributed by atoms with Gasteiger partial charge in [-0.2, -0.15) is 0 Å². The van der Waals surface area contributed by atoms with Gasteiger partial charge >= 0.3 is 11.9 Å². The van der Waals surface area contributed by atoms with Gasteiger partial charge in [-0.3, -0.25) is 19.5 Å². The number of esters is 1. The van der Waals surface area contributed by atoms with E-state index in [0.29, 0.717) is 20.9 Å². The van der Waals surface area contributed by atoms with E-state index >= 15 is 0 Å². The molecule has 3 heterocycles. The normalized spacial score (nSPS) is 20.7. The average Bonchev–Trinajstić information content (AvgIpc) is 3.50. The molecule has 2 aliphatic heterocycles. The van der Waals surface area contributed by atoms with E-state index in [0.717, 1.165) is 0 Å². The fraction of sp³-hybridized carbons (Fsp3) is 0.423. The number of thiazole rings is 1. The van der Waals surface area contributed by atoms with Crippen molar-refractivity contribution in [2.24, 2.45) is 4.99 Å². The van der Waals surface area contributed by atoms with E-state index < -0.39 is 60.9 Å². The molecule has 0 spiro atoms. The summed E-state index contributed by atoms with van der Waals surface area (Å²) in [5.74, 6) is -5.79. The second kappa shape index (κ2) is 12.6. The van der Waals surface area contributed by atoms with Crippen molar-refractivity contribution in [1.29, 1.82) is 0 Å². The van der Waals surface area contributed by atoms with Crippen molar-refractivity contribution in [3.8, 4) is 0 Å². The molecule has 0 amide bonds. The van der Waals surface area contributed by atoms with Crippen molar-refractivity contribution in [1.82, 2.24) is 15.2 Å². The highest BCUT2D eigenvalue weighted by Gasteiger charge is 2.46. The molecule has 40 heavy (non-hydrogen) atoms. The third kappa shape index (κ3) is 7.15. The van der Waals surface area contributed by atoms with Crippen LogP contribution >= 0.6 is 27.3 Å². The molecule has 1 saturated heterocycles. The maximum Gasteiger partial charge on any atom is 0.338 e. The van der Waals surface area contributed by atoms with Crippen LogP contribution in [0.3, 0.4) is 0 Å². The van der Waals surface area contributed by atoms with Crippen molar-refractivity contribution in [3.05, 3.63) is 61.9 Å². The highest BCUT2D eigenvalue weighted by Crippen LogP contribution is 2.39. The number of carbonyl (C=O) groups is 3. The Morgan fingerprint density at radius 1 is 1.32 bits per heavy atom. The zero-order chi connectivity index (χ0) is 29.0. The third-order valence-electron chi connectivity index (χ3n) is 6.46. The van der Waals surface area contributed by atoms with E-state index in [1.54, 1.807) is 18.5 Å². The van der Waals surface area contributed by atoms with E-state index in [4.69, 9.17) is 14.8 Å². The molecular formula is C26H26BrF3N4O5S. The number of aliphatic imine (C=N–C) groups is 1. The van der Waals surface area contributed by atoms with E-state index in [1.165, 1.54) is 34.4 Å². The van der Waals surface area contributed by atoms with E-state index in [1.807, 2.05) is 0 Å². The fourth-order valence-electron chi connectivity index (χ4n) is 4.79. The first-order valence-corrected chi connectivity index (χ1v) is 14.1. The summed E-state index contributed by atoms with van der Waals surface area (Å²) in [5.41, 5.74) is 0.796. The monoisotopic (exact) mass is 642 g/mol. The molecule has 1 fully saturated rings. The quantitative estimate of drug-likeness (QED) is 0.272. The van der Waals surface area contributed by atoms with Crippen LogP contribution in [-0.4, -0.2) is 70.2 Å². The predicted molar refractivity (Wildman–Crippen MR) is 144 cm³/mol. The number of ether oxygens (including phenoxy) is 1. The highest BCUT2D eigenvalue weighted by atomic mass is 79.9. The molecule has 2 atom stereocenters. The molecule has 1 aromatic heterocycles. The van der Waals surface area contributed by atoms with Gasteiger partial charge in [0.2, 0.25) is 0 Å². The predicted octanol–water partition coefficient (Wildman–Crippen LogP) is 4.49.